The van der Waals surface area contributed by atoms with Gasteiger partial charge in [-0.2, -0.15) is 0 Å². The number of para-hydroxylation sites is 3. The van der Waals surface area contributed by atoms with Crippen molar-refractivity contribution in [2.45, 2.75) is 0 Å². The van der Waals surface area contributed by atoms with Crippen LogP contribution in [0.5, 0.6) is 0 Å². The maximum atomic E-state index is 6.46. The molecule has 5 heteroatoms. The fraction of sp³-hybridized carbons (Fsp3) is 0. The molecule has 0 unspecified atom stereocenters. The van der Waals surface area contributed by atoms with Crippen LogP contribution in [0.2, 0.25) is 0 Å². The minimum Gasteiger partial charge on any atom is -0.456 e. The zero-order valence-corrected chi connectivity index (χ0v) is 27.4. The van der Waals surface area contributed by atoms with Crippen LogP contribution in [0.15, 0.2) is 174 Å². The summed E-state index contributed by atoms with van der Waals surface area (Å²) in [5.41, 5.74) is 10.9. The molecule has 4 aromatic heterocycles. The van der Waals surface area contributed by atoms with Crippen molar-refractivity contribution >= 4 is 65.6 Å². The quantitative estimate of drug-likeness (QED) is 0.190. The number of nitrogens with zero attached hydrogens (tertiary/aromatic N) is 4. The van der Waals surface area contributed by atoms with E-state index >= 15 is 0 Å². The Kier molecular flexibility index (Phi) is 5.89. The molecule has 0 spiro atoms. The molecule has 0 aliphatic heterocycles. The molecule has 0 amide bonds. The number of benzene rings is 7. The van der Waals surface area contributed by atoms with Gasteiger partial charge >= 0.3 is 0 Å². The van der Waals surface area contributed by atoms with Gasteiger partial charge in [-0.1, -0.05) is 127 Å². The molecule has 0 atom stereocenters. The lowest BCUT2D eigenvalue weighted by molar-refractivity contribution is 0.669. The normalized spacial score (nSPS) is 11.9. The number of rotatable bonds is 4. The minimum absolute atomic E-state index is 0.611. The van der Waals surface area contributed by atoms with E-state index in [1.165, 1.54) is 10.8 Å². The first-order chi connectivity index (χ1) is 25.3. The number of furan rings is 1. The van der Waals surface area contributed by atoms with Crippen LogP contribution < -0.4 is 0 Å². The summed E-state index contributed by atoms with van der Waals surface area (Å²) < 4.78 is 11.1. The highest BCUT2D eigenvalue weighted by molar-refractivity contribution is 6.31. The third-order valence-corrected chi connectivity index (χ3v) is 10.1. The van der Waals surface area contributed by atoms with Crippen LogP contribution >= 0.6 is 0 Å². The molecule has 0 fully saturated rings. The van der Waals surface area contributed by atoms with Crippen LogP contribution in [0, 0.1) is 0 Å². The molecular weight excluding hydrogens is 625 g/mol. The zero-order chi connectivity index (χ0) is 33.5. The fourth-order valence-corrected chi connectivity index (χ4v) is 7.95. The summed E-state index contributed by atoms with van der Waals surface area (Å²) in [6.07, 6.45) is 0. The van der Waals surface area contributed by atoms with Crippen molar-refractivity contribution in [3.05, 3.63) is 170 Å². The summed E-state index contributed by atoms with van der Waals surface area (Å²) >= 11 is 0. The van der Waals surface area contributed by atoms with E-state index in [1.807, 2.05) is 24.3 Å². The van der Waals surface area contributed by atoms with Gasteiger partial charge in [-0.3, -0.25) is 4.57 Å². The second kappa shape index (κ2) is 10.8. The van der Waals surface area contributed by atoms with Crippen LogP contribution in [0.4, 0.5) is 0 Å². The van der Waals surface area contributed by atoms with Crippen molar-refractivity contribution in [3.63, 3.8) is 0 Å². The smallest absolute Gasteiger partial charge is 0.235 e. The molecule has 0 aliphatic rings. The second-order valence-corrected chi connectivity index (χ2v) is 13.0. The summed E-state index contributed by atoms with van der Waals surface area (Å²) in [4.78, 5) is 10.8. The summed E-state index contributed by atoms with van der Waals surface area (Å²) in [6, 6.07) is 59.3. The SMILES string of the molecule is c1ccc(-c2cc(-c3ccccc3)nc(-n3c4ccc5oc6ccccc6c5c4c4ccc5c6ccccc6n(-c6ccccc6)c5c43)n2)cc1. The Hall–Kier alpha value is -6.98. The molecule has 0 aliphatic carbocycles. The van der Waals surface area contributed by atoms with Crippen molar-refractivity contribution in [2.24, 2.45) is 0 Å². The Labute approximate surface area is 292 Å². The van der Waals surface area contributed by atoms with Crippen molar-refractivity contribution in [3.8, 4) is 34.2 Å². The molecule has 0 radical (unpaired) electrons. The lowest BCUT2D eigenvalue weighted by atomic mass is 10.0. The van der Waals surface area contributed by atoms with Gasteiger partial charge in [0.05, 0.1) is 33.5 Å². The maximum Gasteiger partial charge on any atom is 0.235 e. The molecule has 0 N–H and O–H groups in total. The first-order valence-corrected chi connectivity index (χ1v) is 17.2. The summed E-state index contributed by atoms with van der Waals surface area (Å²) in [7, 11) is 0. The van der Waals surface area contributed by atoms with Crippen molar-refractivity contribution in [1.82, 2.24) is 19.1 Å². The fourth-order valence-electron chi connectivity index (χ4n) is 7.95. The number of aromatic nitrogens is 4. The van der Waals surface area contributed by atoms with Gasteiger partial charge in [-0.05, 0) is 42.5 Å². The van der Waals surface area contributed by atoms with E-state index < -0.39 is 0 Å². The van der Waals surface area contributed by atoms with Crippen LogP contribution in [0.1, 0.15) is 0 Å². The average Bonchev–Trinajstić information content (AvgIpc) is 3.86. The van der Waals surface area contributed by atoms with Gasteiger partial charge in [0.25, 0.3) is 0 Å². The Morgan fingerprint density at radius 1 is 0.392 bits per heavy atom. The average molecular weight is 653 g/mol. The third kappa shape index (κ3) is 4.09. The highest BCUT2D eigenvalue weighted by atomic mass is 16.3. The van der Waals surface area contributed by atoms with Crippen LogP contribution in [-0.2, 0) is 0 Å². The molecule has 4 heterocycles. The van der Waals surface area contributed by atoms with Crippen LogP contribution in [-0.4, -0.2) is 19.1 Å². The molecule has 7 aromatic carbocycles. The van der Waals surface area contributed by atoms with Gasteiger partial charge in [0.2, 0.25) is 5.95 Å². The molecule has 51 heavy (non-hydrogen) atoms. The minimum atomic E-state index is 0.611. The van der Waals surface area contributed by atoms with Gasteiger partial charge in [-0.25, -0.2) is 9.97 Å². The topological polar surface area (TPSA) is 48.8 Å². The molecule has 0 saturated carbocycles. The van der Waals surface area contributed by atoms with Gasteiger partial charge in [0.1, 0.15) is 11.2 Å². The van der Waals surface area contributed by atoms with Gasteiger partial charge < -0.3 is 8.98 Å². The molecule has 11 rings (SSSR count). The summed E-state index contributed by atoms with van der Waals surface area (Å²) in [5, 5.41) is 6.78. The molecule has 238 valence electrons. The van der Waals surface area contributed by atoms with Gasteiger partial charge in [0.15, 0.2) is 0 Å². The molecule has 5 nitrogen and oxygen atoms in total. The Morgan fingerprint density at radius 2 is 0.980 bits per heavy atom. The zero-order valence-electron chi connectivity index (χ0n) is 27.4. The number of hydrogen-bond acceptors (Lipinski definition) is 3. The Balaban J connectivity index is 1.38. The predicted molar refractivity (Wildman–Crippen MR) is 209 cm³/mol. The third-order valence-electron chi connectivity index (χ3n) is 10.1. The highest BCUT2D eigenvalue weighted by Gasteiger charge is 2.25. The molecule has 0 saturated heterocycles. The van der Waals surface area contributed by atoms with E-state index in [2.05, 4.69) is 155 Å². The summed E-state index contributed by atoms with van der Waals surface area (Å²) in [5.74, 6) is 0.611. The maximum absolute atomic E-state index is 6.46. The monoisotopic (exact) mass is 652 g/mol. The molecular formula is C46H28N4O. The standard InChI is InChI=1S/C46H28N4O/c1-4-14-29(15-5-1)36-28-37(30-16-6-2-7-17-30)48-46(47-36)50-39-26-27-41-43(34-21-11-13-23-40(34)51-41)42(39)35-25-24-33-32-20-10-12-22-38(32)49(44(33)45(35)50)31-18-8-3-9-19-31/h1-28H. The van der Waals surface area contributed by atoms with Crippen molar-refractivity contribution in [1.29, 1.82) is 0 Å². The van der Waals surface area contributed by atoms with Gasteiger partial charge in [-0.15, -0.1) is 0 Å². The Morgan fingerprint density at radius 3 is 1.71 bits per heavy atom. The largest absolute Gasteiger partial charge is 0.456 e. The lowest BCUT2D eigenvalue weighted by Crippen LogP contribution is -2.05. The first kappa shape index (κ1) is 27.9. The van der Waals surface area contributed by atoms with E-state index in [0.717, 1.165) is 83.0 Å². The van der Waals surface area contributed by atoms with Crippen LogP contribution in [0.25, 0.3) is 99.7 Å². The first-order valence-electron chi connectivity index (χ1n) is 17.2. The Bertz CT molecular complexity index is 3060. The van der Waals surface area contributed by atoms with E-state index in [4.69, 9.17) is 14.4 Å². The van der Waals surface area contributed by atoms with E-state index in [9.17, 15) is 0 Å². The van der Waals surface area contributed by atoms with Crippen LogP contribution in [0.3, 0.4) is 0 Å². The molecule has 11 aromatic rings. The number of fused-ring (bicyclic) bond motifs is 11. The van der Waals surface area contributed by atoms with E-state index in [-0.39, 0.29) is 0 Å². The predicted octanol–water partition coefficient (Wildman–Crippen LogP) is 11.9. The number of hydrogen-bond donors (Lipinski definition) is 0. The van der Waals surface area contributed by atoms with E-state index in [1.54, 1.807) is 0 Å². The van der Waals surface area contributed by atoms with Crippen molar-refractivity contribution < 1.29 is 4.42 Å². The summed E-state index contributed by atoms with van der Waals surface area (Å²) in [6.45, 7) is 0. The second-order valence-electron chi connectivity index (χ2n) is 13.0. The van der Waals surface area contributed by atoms with Crippen molar-refractivity contribution in [2.75, 3.05) is 0 Å². The van der Waals surface area contributed by atoms with Gasteiger partial charge in [0, 0.05) is 49.1 Å². The highest BCUT2D eigenvalue weighted by Crippen LogP contribution is 2.45. The lowest BCUT2D eigenvalue weighted by Gasteiger charge is -2.13. The molecule has 0 bridgehead atoms. The van der Waals surface area contributed by atoms with E-state index in [0.29, 0.717) is 5.95 Å².